The Labute approximate surface area is 265 Å². The molecule has 2 unspecified atom stereocenters. The number of carbonyl (C=O) groups is 1. The second kappa shape index (κ2) is 14.8. The predicted molar refractivity (Wildman–Crippen MR) is 175 cm³/mol. The molecule has 1 aliphatic carbocycles. The van der Waals surface area contributed by atoms with E-state index in [9.17, 15) is 18.4 Å². The summed E-state index contributed by atoms with van der Waals surface area (Å²) >= 11 is 0. The molecule has 2 aliphatic heterocycles. The number of benzene rings is 2. The summed E-state index contributed by atoms with van der Waals surface area (Å²) in [6.07, 6.45) is 10.6. The first-order valence-corrected chi connectivity index (χ1v) is 16.2. The van der Waals surface area contributed by atoms with Crippen LogP contribution in [-0.2, 0) is 11.3 Å². The molecule has 1 amide bonds. The average Bonchev–Trinajstić information content (AvgIpc) is 3.05. The second-order valence-electron chi connectivity index (χ2n) is 13.2. The van der Waals surface area contributed by atoms with Gasteiger partial charge in [0.1, 0.15) is 11.6 Å². The zero-order valence-electron chi connectivity index (χ0n) is 26.9. The van der Waals surface area contributed by atoms with Crippen molar-refractivity contribution in [3.8, 4) is 11.3 Å². The summed E-state index contributed by atoms with van der Waals surface area (Å²) < 4.78 is 27.2. The van der Waals surface area contributed by atoms with Gasteiger partial charge in [-0.05, 0) is 70.6 Å². The van der Waals surface area contributed by atoms with Crippen molar-refractivity contribution in [1.29, 1.82) is 0 Å². The largest absolute Gasteiger partial charge is 0.361 e. The number of pyridine rings is 1. The Balaban J connectivity index is 0.000000187. The van der Waals surface area contributed by atoms with Crippen molar-refractivity contribution in [2.75, 3.05) is 47.3 Å². The van der Waals surface area contributed by atoms with E-state index in [2.05, 4.69) is 26.7 Å². The molecule has 2 aromatic carbocycles. The first-order chi connectivity index (χ1) is 21.7. The van der Waals surface area contributed by atoms with Gasteiger partial charge in [0.15, 0.2) is 5.43 Å². The van der Waals surface area contributed by atoms with Crippen molar-refractivity contribution in [3.63, 3.8) is 0 Å². The van der Waals surface area contributed by atoms with E-state index in [1.165, 1.54) is 38.2 Å². The number of halogens is 2. The molecule has 242 valence electrons. The molecule has 0 bridgehead atoms. The predicted octanol–water partition coefficient (Wildman–Crippen LogP) is 5.68. The Kier molecular flexibility index (Phi) is 10.8. The zero-order chi connectivity index (χ0) is 32.0. The monoisotopic (exact) mass is 619 g/mol. The lowest BCUT2D eigenvalue weighted by Gasteiger charge is -2.52. The summed E-state index contributed by atoms with van der Waals surface area (Å²) in [5, 5.41) is 0. The van der Waals surface area contributed by atoms with Gasteiger partial charge in [-0.25, -0.2) is 8.78 Å². The van der Waals surface area contributed by atoms with Crippen molar-refractivity contribution < 1.29 is 13.6 Å². The lowest BCUT2D eigenvalue weighted by atomic mass is 9.78. The van der Waals surface area contributed by atoms with Crippen molar-refractivity contribution in [3.05, 3.63) is 93.8 Å². The van der Waals surface area contributed by atoms with E-state index < -0.39 is 17.7 Å². The van der Waals surface area contributed by atoms with E-state index in [0.717, 1.165) is 68.0 Å². The SMILES string of the molecule is CN(C)C1CCN(C=O)C(c2cc(F)ccc2F)C1.CN1CCN(Cc2c[nH]c(-c3ccccc3)cc2=O)C2(CCCCC2)C1. The molecule has 1 saturated carbocycles. The molecule has 9 heteroatoms. The summed E-state index contributed by atoms with van der Waals surface area (Å²) in [6.45, 7) is 4.59. The lowest BCUT2D eigenvalue weighted by molar-refractivity contribution is -0.122. The normalized spacial score (nSPS) is 22.2. The third-order valence-corrected chi connectivity index (χ3v) is 10.0. The van der Waals surface area contributed by atoms with E-state index in [0.29, 0.717) is 13.0 Å². The highest BCUT2D eigenvalue weighted by molar-refractivity contribution is 5.58. The van der Waals surface area contributed by atoms with Gasteiger partial charge in [-0.3, -0.25) is 14.5 Å². The summed E-state index contributed by atoms with van der Waals surface area (Å²) in [5.41, 5.74) is 3.51. The van der Waals surface area contributed by atoms with Crippen LogP contribution in [0.5, 0.6) is 0 Å². The van der Waals surface area contributed by atoms with Crippen molar-refractivity contribution in [2.45, 2.75) is 69.1 Å². The minimum absolute atomic E-state index is 0.146. The van der Waals surface area contributed by atoms with Crippen LogP contribution in [0.2, 0.25) is 0 Å². The Morgan fingerprint density at radius 1 is 1.00 bits per heavy atom. The summed E-state index contributed by atoms with van der Waals surface area (Å²) in [6, 6.07) is 15.1. The standard InChI is InChI=1S/C22H29N3O.C14H18F2N2O/c1-24-12-13-25(22(17-24)10-6-3-7-11-22)16-19-15-23-20(14-21(19)26)18-8-4-2-5-9-18;1-17(2)11-5-6-18(9-19)14(8-11)12-7-10(15)3-4-13(12)16/h2,4-5,8-9,14-15H,3,6-7,10-13,16-17H2,1H3,(H,23,26);3-4,7,9,11,14H,5-6,8H2,1-2H3. The number of hydrogen-bond acceptors (Lipinski definition) is 5. The van der Waals surface area contributed by atoms with Gasteiger partial charge in [0.2, 0.25) is 6.41 Å². The minimum Gasteiger partial charge on any atom is -0.361 e. The number of likely N-dealkylation sites (N-methyl/N-ethyl adjacent to an activating group) is 1. The molecule has 1 N–H and O–H groups in total. The van der Waals surface area contributed by atoms with Crippen molar-refractivity contribution in [1.82, 2.24) is 24.6 Å². The van der Waals surface area contributed by atoms with E-state index in [-0.39, 0.29) is 22.6 Å². The van der Waals surface area contributed by atoms with E-state index in [1.807, 2.05) is 50.6 Å². The fraction of sp³-hybridized carbons (Fsp3) is 0.500. The molecule has 7 nitrogen and oxygen atoms in total. The third-order valence-electron chi connectivity index (χ3n) is 10.0. The van der Waals surface area contributed by atoms with Crippen LogP contribution in [0.4, 0.5) is 8.78 Å². The molecular weight excluding hydrogens is 572 g/mol. The number of likely N-dealkylation sites (tertiary alicyclic amines) is 1. The number of H-pyrrole nitrogens is 1. The second-order valence-corrected chi connectivity index (χ2v) is 13.2. The number of carbonyl (C=O) groups excluding carboxylic acids is 1. The van der Waals surface area contributed by atoms with Crippen molar-refractivity contribution >= 4 is 6.41 Å². The third kappa shape index (κ3) is 7.88. The number of hydrogen-bond donors (Lipinski definition) is 1. The average molecular weight is 620 g/mol. The molecule has 1 aromatic heterocycles. The van der Waals surface area contributed by atoms with Gasteiger partial charge in [0, 0.05) is 73.4 Å². The molecule has 3 heterocycles. The quantitative estimate of drug-likeness (QED) is 0.360. The first-order valence-electron chi connectivity index (χ1n) is 16.2. The van der Waals surface area contributed by atoms with Crippen LogP contribution in [-0.4, -0.2) is 89.9 Å². The highest BCUT2D eigenvalue weighted by Gasteiger charge is 2.41. The maximum absolute atomic E-state index is 13.9. The number of nitrogens with one attached hydrogen (secondary N) is 1. The molecule has 45 heavy (non-hydrogen) atoms. The molecule has 3 fully saturated rings. The topological polar surface area (TPSA) is 62.9 Å². The van der Waals surface area contributed by atoms with Gasteiger partial charge in [-0.1, -0.05) is 49.6 Å². The summed E-state index contributed by atoms with van der Waals surface area (Å²) in [5.74, 6) is -0.938. The number of rotatable bonds is 6. The molecule has 6 rings (SSSR count). The zero-order valence-corrected chi connectivity index (χ0v) is 26.9. The molecular formula is C36H47F2N5O2. The minimum atomic E-state index is -0.478. The number of amides is 1. The Bertz CT molecular complexity index is 1470. The number of piperazine rings is 1. The maximum Gasteiger partial charge on any atom is 0.210 e. The molecule has 3 aromatic rings. The van der Waals surface area contributed by atoms with Crippen LogP contribution in [0.25, 0.3) is 11.3 Å². The number of aromatic nitrogens is 1. The van der Waals surface area contributed by atoms with E-state index in [4.69, 9.17) is 0 Å². The first kappa shape index (κ1) is 33.0. The smallest absolute Gasteiger partial charge is 0.210 e. The van der Waals surface area contributed by atoms with Crippen molar-refractivity contribution in [2.24, 2.45) is 0 Å². The van der Waals surface area contributed by atoms with Gasteiger partial charge in [0.25, 0.3) is 0 Å². The number of nitrogens with zero attached hydrogens (tertiary/aromatic N) is 4. The van der Waals surface area contributed by atoms with E-state index in [1.54, 1.807) is 11.0 Å². The van der Waals surface area contributed by atoms with Crippen LogP contribution >= 0.6 is 0 Å². The van der Waals surface area contributed by atoms with Crippen LogP contribution in [0, 0.1) is 11.6 Å². The van der Waals surface area contributed by atoms with Crippen LogP contribution < -0.4 is 5.43 Å². The van der Waals surface area contributed by atoms with Gasteiger partial charge in [-0.2, -0.15) is 0 Å². The molecule has 3 aliphatic rings. The lowest BCUT2D eigenvalue weighted by Crippen LogP contribution is -2.61. The number of aromatic amines is 1. The maximum atomic E-state index is 13.9. The fourth-order valence-electron chi connectivity index (χ4n) is 7.39. The Hall–Kier alpha value is -3.40. The highest BCUT2D eigenvalue weighted by atomic mass is 19.1. The Morgan fingerprint density at radius 2 is 1.76 bits per heavy atom. The van der Waals surface area contributed by atoms with Crippen LogP contribution in [0.1, 0.15) is 62.1 Å². The van der Waals surface area contributed by atoms with Gasteiger partial charge in [-0.15, -0.1) is 0 Å². The van der Waals surface area contributed by atoms with Gasteiger partial charge in [0.05, 0.1) is 6.04 Å². The molecule has 2 atom stereocenters. The molecule has 2 saturated heterocycles. The fourth-order valence-corrected chi connectivity index (χ4v) is 7.39. The van der Waals surface area contributed by atoms with Crippen LogP contribution in [0.15, 0.2) is 65.6 Å². The van der Waals surface area contributed by atoms with Gasteiger partial charge < -0.3 is 19.7 Å². The molecule has 1 spiro atoms. The Morgan fingerprint density at radius 3 is 2.44 bits per heavy atom. The van der Waals surface area contributed by atoms with Gasteiger partial charge >= 0.3 is 0 Å². The summed E-state index contributed by atoms with van der Waals surface area (Å²) in [4.78, 5) is 35.9. The molecule has 0 radical (unpaired) electrons. The highest BCUT2D eigenvalue weighted by Crippen LogP contribution is 2.37. The number of piperidine rings is 1. The van der Waals surface area contributed by atoms with E-state index >= 15 is 0 Å². The summed E-state index contributed by atoms with van der Waals surface area (Å²) in [7, 11) is 6.15. The van der Waals surface area contributed by atoms with Crippen LogP contribution in [0.3, 0.4) is 0 Å².